The van der Waals surface area contributed by atoms with Crippen LogP contribution in [0.2, 0.25) is 0 Å². The van der Waals surface area contributed by atoms with E-state index in [1.54, 1.807) is 23.7 Å². The molecule has 0 N–H and O–H groups in total. The Bertz CT molecular complexity index is 1430. The Labute approximate surface area is 186 Å². The predicted molar refractivity (Wildman–Crippen MR) is 127 cm³/mol. The van der Waals surface area contributed by atoms with Crippen molar-refractivity contribution < 1.29 is 0 Å². The molecule has 1 atom stereocenters. The maximum absolute atomic E-state index is 12.6. The molecule has 5 rings (SSSR count). The number of pyridine rings is 2. The van der Waals surface area contributed by atoms with Gasteiger partial charge in [-0.05, 0) is 36.8 Å². The van der Waals surface area contributed by atoms with Gasteiger partial charge < -0.3 is 14.0 Å². The van der Waals surface area contributed by atoms with Crippen LogP contribution < -0.4 is 10.5 Å². The number of nitriles is 1. The maximum Gasteiger partial charge on any atom is 0.252 e. The number of anilines is 1. The number of nitrogens with zero attached hydrogens (tertiary/aromatic N) is 6. The second-order valence-corrected chi connectivity index (χ2v) is 8.66. The highest BCUT2D eigenvalue weighted by molar-refractivity contribution is 5.89. The fourth-order valence-corrected chi connectivity index (χ4v) is 4.87. The molecule has 1 aliphatic heterocycles. The Morgan fingerprint density at radius 2 is 1.97 bits per heavy atom. The first-order valence-electron chi connectivity index (χ1n) is 10.9. The third kappa shape index (κ3) is 3.33. The molecule has 32 heavy (non-hydrogen) atoms. The summed E-state index contributed by atoms with van der Waals surface area (Å²) in [5.41, 5.74) is 5.15. The molecule has 4 aromatic rings. The molecule has 0 amide bonds. The lowest BCUT2D eigenvalue weighted by Gasteiger charge is -2.41. The van der Waals surface area contributed by atoms with Gasteiger partial charge in [-0.2, -0.15) is 5.26 Å². The van der Waals surface area contributed by atoms with E-state index in [4.69, 9.17) is 0 Å². The van der Waals surface area contributed by atoms with Gasteiger partial charge in [-0.3, -0.25) is 9.69 Å². The van der Waals surface area contributed by atoms with E-state index in [1.165, 1.54) is 16.5 Å². The summed E-state index contributed by atoms with van der Waals surface area (Å²) in [7, 11) is 3.82. The molecular formula is C25H26N6O. The Morgan fingerprint density at radius 3 is 2.75 bits per heavy atom. The standard InChI is InChI=1S/C25H26N6O/c1-17-15-30(16-18-5-4-6-21-20(18)9-10-28(21)2)11-12-31(17)23-13-24(32)29(3)22-8-7-19(14-26)27-25(22)23/h4-10,13,17H,11-12,15-16H2,1-3H3/t17-/m0/s1. The number of aryl methyl sites for hydroxylation is 2. The van der Waals surface area contributed by atoms with E-state index < -0.39 is 0 Å². The third-order valence-corrected chi connectivity index (χ3v) is 6.62. The van der Waals surface area contributed by atoms with E-state index in [-0.39, 0.29) is 11.6 Å². The average Bonchev–Trinajstić information content (AvgIpc) is 3.18. The third-order valence-electron chi connectivity index (χ3n) is 6.62. The zero-order valence-corrected chi connectivity index (χ0v) is 18.6. The molecule has 3 aromatic heterocycles. The summed E-state index contributed by atoms with van der Waals surface area (Å²) >= 11 is 0. The van der Waals surface area contributed by atoms with Crippen LogP contribution in [0, 0.1) is 11.3 Å². The normalized spacial score (nSPS) is 17.2. The summed E-state index contributed by atoms with van der Waals surface area (Å²) in [5, 5.41) is 10.6. The number of hydrogen-bond donors (Lipinski definition) is 0. The quantitative estimate of drug-likeness (QED) is 0.504. The van der Waals surface area contributed by atoms with Gasteiger partial charge in [0.05, 0.1) is 11.2 Å². The summed E-state index contributed by atoms with van der Waals surface area (Å²) < 4.78 is 3.75. The van der Waals surface area contributed by atoms with Crippen LogP contribution in [0.15, 0.2) is 53.5 Å². The molecule has 162 valence electrons. The lowest BCUT2D eigenvalue weighted by atomic mass is 10.1. The molecule has 0 bridgehead atoms. The van der Waals surface area contributed by atoms with Crippen molar-refractivity contribution in [1.29, 1.82) is 5.26 Å². The van der Waals surface area contributed by atoms with Crippen LogP contribution in [0.5, 0.6) is 0 Å². The first-order chi connectivity index (χ1) is 15.5. The van der Waals surface area contributed by atoms with E-state index in [1.807, 2.05) is 6.07 Å². The highest BCUT2D eigenvalue weighted by Crippen LogP contribution is 2.28. The Hall–Kier alpha value is -3.63. The highest BCUT2D eigenvalue weighted by atomic mass is 16.1. The van der Waals surface area contributed by atoms with Crippen LogP contribution >= 0.6 is 0 Å². The molecule has 7 heteroatoms. The first-order valence-corrected chi connectivity index (χ1v) is 10.9. The zero-order chi connectivity index (χ0) is 22.4. The second kappa shape index (κ2) is 7.81. The molecule has 0 spiro atoms. The van der Waals surface area contributed by atoms with Gasteiger partial charge in [0.25, 0.3) is 5.56 Å². The van der Waals surface area contributed by atoms with Crippen LogP contribution in [0.25, 0.3) is 21.9 Å². The molecule has 0 radical (unpaired) electrons. The van der Waals surface area contributed by atoms with Gasteiger partial charge in [0.1, 0.15) is 17.3 Å². The second-order valence-electron chi connectivity index (χ2n) is 8.66. The van der Waals surface area contributed by atoms with Crippen molar-refractivity contribution >= 4 is 27.6 Å². The number of benzene rings is 1. The number of rotatable bonds is 3. The summed E-state index contributed by atoms with van der Waals surface area (Å²) in [5.74, 6) is 0. The molecule has 4 heterocycles. The fourth-order valence-electron chi connectivity index (χ4n) is 4.87. The van der Waals surface area contributed by atoms with E-state index in [0.29, 0.717) is 11.2 Å². The lowest BCUT2D eigenvalue weighted by Crippen LogP contribution is -2.52. The molecule has 0 aliphatic carbocycles. The maximum atomic E-state index is 12.6. The molecule has 1 saturated heterocycles. The van der Waals surface area contributed by atoms with Gasteiger partial charge in [0, 0.05) is 69.5 Å². The molecule has 0 saturated carbocycles. The monoisotopic (exact) mass is 426 g/mol. The minimum Gasteiger partial charge on any atom is -0.364 e. The van der Waals surface area contributed by atoms with Gasteiger partial charge in [0.15, 0.2) is 0 Å². The van der Waals surface area contributed by atoms with E-state index >= 15 is 0 Å². The van der Waals surface area contributed by atoms with Gasteiger partial charge in [0.2, 0.25) is 0 Å². The van der Waals surface area contributed by atoms with Crippen molar-refractivity contribution in [2.24, 2.45) is 14.1 Å². The number of fused-ring (bicyclic) bond motifs is 2. The van der Waals surface area contributed by atoms with Crippen LogP contribution in [-0.4, -0.2) is 44.7 Å². The average molecular weight is 427 g/mol. The number of piperazine rings is 1. The van der Waals surface area contributed by atoms with Gasteiger partial charge in [-0.15, -0.1) is 0 Å². The summed E-state index contributed by atoms with van der Waals surface area (Å²) in [6, 6.07) is 16.1. The van der Waals surface area contributed by atoms with Crippen LogP contribution in [0.3, 0.4) is 0 Å². The fraction of sp³-hybridized carbons (Fsp3) is 0.320. The van der Waals surface area contributed by atoms with Crippen LogP contribution in [-0.2, 0) is 20.6 Å². The largest absolute Gasteiger partial charge is 0.364 e. The van der Waals surface area contributed by atoms with E-state index in [9.17, 15) is 10.1 Å². The van der Waals surface area contributed by atoms with Crippen molar-refractivity contribution in [3.8, 4) is 6.07 Å². The lowest BCUT2D eigenvalue weighted by molar-refractivity contribution is 0.222. The minimum absolute atomic E-state index is 0.0654. The van der Waals surface area contributed by atoms with Crippen LogP contribution in [0.1, 0.15) is 18.2 Å². The molecule has 1 fully saturated rings. The van der Waals surface area contributed by atoms with Crippen molar-refractivity contribution in [2.45, 2.75) is 19.5 Å². The zero-order valence-electron chi connectivity index (χ0n) is 18.6. The summed E-state index contributed by atoms with van der Waals surface area (Å²) in [6.45, 7) is 5.66. The topological polar surface area (TPSA) is 70.1 Å². The number of hydrogen-bond acceptors (Lipinski definition) is 5. The van der Waals surface area contributed by atoms with E-state index in [0.717, 1.165) is 37.4 Å². The molecule has 1 aromatic carbocycles. The highest BCUT2D eigenvalue weighted by Gasteiger charge is 2.27. The summed E-state index contributed by atoms with van der Waals surface area (Å²) in [4.78, 5) is 21.9. The van der Waals surface area contributed by atoms with Gasteiger partial charge >= 0.3 is 0 Å². The predicted octanol–water partition coefficient (Wildman–Crippen LogP) is 3.01. The SMILES string of the molecule is C[C@H]1CN(Cc2cccc3c2ccn3C)CCN1c1cc(=O)n(C)c2ccc(C#N)nc12. The van der Waals surface area contributed by atoms with Crippen molar-refractivity contribution in [3.05, 3.63) is 70.3 Å². The van der Waals surface area contributed by atoms with Gasteiger partial charge in [-0.1, -0.05) is 12.1 Å². The minimum atomic E-state index is -0.0654. The molecule has 0 unspecified atom stereocenters. The number of aromatic nitrogens is 3. The Morgan fingerprint density at radius 1 is 1.12 bits per heavy atom. The molecule has 7 nitrogen and oxygen atoms in total. The Kier molecular flexibility index (Phi) is 4.95. The molecular weight excluding hydrogens is 400 g/mol. The van der Waals surface area contributed by atoms with Crippen molar-refractivity contribution in [3.63, 3.8) is 0 Å². The Balaban J connectivity index is 1.44. The van der Waals surface area contributed by atoms with Gasteiger partial charge in [-0.25, -0.2) is 4.98 Å². The molecule has 1 aliphatic rings. The summed E-state index contributed by atoms with van der Waals surface area (Å²) in [6.07, 6.45) is 2.11. The van der Waals surface area contributed by atoms with Crippen LogP contribution in [0.4, 0.5) is 5.69 Å². The first kappa shape index (κ1) is 20.3. The smallest absolute Gasteiger partial charge is 0.252 e. The van der Waals surface area contributed by atoms with Crippen molar-refractivity contribution in [1.82, 2.24) is 19.0 Å². The van der Waals surface area contributed by atoms with Crippen molar-refractivity contribution in [2.75, 3.05) is 24.5 Å². The van der Waals surface area contributed by atoms with E-state index in [2.05, 4.69) is 69.9 Å².